The van der Waals surface area contributed by atoms with E-state index in [2.05, 4.69) is 20.2 Å². The van der Waals surface area contributed by atoms with E-state index in [1.165, 1.54) is 0 Å². The van der Waals surface area contributed by atoms with E-state index in [1.54, 1.807) is 18.5 Å². The molecule has 31 heavy (non-hydrogen) atoms. The van der Waals surface area contributed by atoms with Crippen molar-refractivity contribution in [2.45, 2.75) is 32.6 Å². The van der Waals surface area contributed by atoms with Crippen LogP contribution in [0.2, 0.25) is 0 Å². The van der Waals surface area contributed by atoms with E-state index in [1.807, 2.05) is 24.0 Å². The first-order valence-corrected chi connectivity index (χ1v) is 11.0. The zero-order valence-corrected chi connectivity index (χ0v) is 17.9. The normalized spacial score (nSPS) is 17.6. The van der Waals surface area contributed by atoms with Gasteiger partial charge in [-0.25, -0.2) is 4.98 Å². The molecule has 164 valence electrons. The number of H-pyrrole nitrogens is 1. The molecule has 2 saturated heterocycles. The standard InChI is InChI=1S/C23H29N5O3/c1-16-4-7-24-21(12-16)26-22(30)17-5-10-27(11-6-17)15-20(29)18-13-19(25-14-18)23(31)28-8-2-3-9-28/h4,7,12-14,17,25H,2-3,5-6,8-11,15H2,1H3,(H,24,26,30). The fourth-order valence-electron chi connectivity index (χ4n) is 4.25. The molecule has 2 N–H and O–H groups in total. The Bertz CT molecular complexity index is 956. The van der Waals surface area contributed by atoms with E-state index >= 15 is 0 Å². The predicted octanol–water partition coefficient (Wildman–Crippen LogP) is 2.49. The minimum atomic E-state index is -0.0781. The number of aromatic amines is 1. The lowest BCUT2D eigenvalue weighted by Gasteiger charge is -2.30. The van der Waals surface area contributed by atoms with Gasteiger partial charge in [0.05, 0.1) is 6.54 Å². The molecule has 2 amide bonds. The molecule has 2 aliphatic heterocycles. The minimum Gasteiger partial charge on any atom is -0.356 e. The summed E-state index contributed by atoms with van der Waals surface area (Å²) in [5.74, 6) is 0.440. The van der Waals surface area contributed by atoms with Crippen LogP contribution >= 0.6 is 0 Å². The van der Waals surface area contributed by atoms with Gasteiger partial charge in [-0.3, -0.25) is 19.3 Å². The van der Waals surface area contributed by atoms with E-state index in [0.29, 0.717) is 49.6 Å². The summed E-state index contributed by atoms with van der Waals surface area (Å²) in [4.78, 5) is 48.7. The van der Waals surface area contributed by atoms with Crippen molar-refractivity contribution in [3.8, 4) is 0 Å². The summed E-state index contributed by atoms with van der Waals surface area (Å²) < 4.78 is 0. The molecule has 0 radical (unpaired) electrons. The number of amides is 2. The lowest BCUT2D eigenvalue weighted by atomic mass is 9.95. The zero-order valence-electron chi connectivity index (χ0n) is 17.9. The Kier molecular flexibility index (Phi) is 6.46. The van der Waals surface area contributed by atoms with Crippen molar-refractivity contribution in [1.82, 2.24) is 19.8 Å². The molecule has 8 heteroatoms. The molecule has 0 aromatic carbocycles. The number of piperidine rings is 1. The average molecular weight is 424 g/mol. The smallest absolute Gasteiger partial charge is 0.270 e. The van der Waals surface area contributed by atoms with E-state index in [-0.39, 0.29) is 23.5 Å². The molecular weight excluding hydrogens is 394 g/mol. The number of hydrogen-bond acceptors (Lipinski definition) is 5. The molecule has 8 nitrogen and oxygen atoms in total. The molecule has 2 aromatic rings. The first-order valence-electron chi connectivity index (χ1n) is 11.0. The largest absolute Gasteiger partial charge is 0.356 e. The van der Waals surface area contributed by atoms with E-state index < -0.39 is 0 Å². The fourth-order valence-corrected chi connectivity index (χ4v) is 4.25. The van der Waals surface area contributed by atoms with Crippen molar-refractivity contribution in [1.29, 1.82) is 0 Å². The van der Waals surface area contributed by atoms with Crippen molar-refractivity contribution in [3.63, 3.8) is 0 Å². The van der Waals surface area contributed by atoms with E-state index in [9.17, 15) is 14.4 Å². The molecule has 2 fully saturated rings. The summed E-state index contributed by atoms with van der Waals surface area (Å²) in [5, 5.41) is 2.89. The zero-order chi connectivity index (χ0) is 21.8. The Morgan fingerprint density at radius 1 is 1.13 bits per heavy atom. The summed E-state index contributed by atoms with van der Waals surface area (Å²) in [6.45, 7) is 5.20. The molecule has 0 bridgehead atoms. The Labute approximate surface area is 182 Å². The number of rotatable bonds is 6. The van der Waals surface area contributed by atoms with Crippen molar-refractivity contribution in [3.05, 3.63) is 47.4 Å². The highest BCUT2D eigenvalue weighted by atomic mass is 16.2. The highest BCUT2D eigenvalue weighted by molar-refractivity contribution is 6.01. The third-order valence-electron chi connectivity index (χ3n) is 6.12. The molecular formula is C23H29N5O3. The summed E-state index contributed by atoms with van der Waals surface area (Å²) in [6.07, 6.45) is 6.79. The van der Waals surface area contributed by atoms with Gasteiger partial charge in [-0.1, -0.05) is 0 Å². The third-order valence-corrected chi connectivity index (χ3v) is 6.12. The second kappa shape index (κ2) is 9.43. The highest BCUT2D eigenvalue weighted by Gasteiger charge is 2.27. The van der Waals surface area contributed by atoms with Crippen molar-refractivity contribution < 1.29 is 14.4 Å². The summed E-state index contributed by atoms with van der Waals surface area (Å²) in [7, 11) is 0. The van der Waals surface area contributed by atoms with Gasteiger partial charge < -0.3 is 15.2 Å². The van der Waals surface area contributed by atoms with Crippen LogP contribution < -0.4 is 5.32 Å². The van der Waals surface area contributed by atoms with E-state index in [4.69, 9.17) is 0 Å². The molecule has 0 atom stereocenters. The monoisotopic (exact) mass is 423 g/mol. The maximum absolute atomic E-state index is 12.7. The number of aryl methyl sites for hydroxylation is 1. The first kappa shape index (κ1) is 21.2. The van der Waals surface area contributed by atoms with Crippen molar-refractivity contribution >= 4 is 23.4 Å². The fraction of sp³-hybridized carbons (Fsp3) is 0.478. The second-order valence-corrected chi connectivity index (χ2v) is 8.48. The van der Waals surface area contributed by atoms with Crippen LogP contribution in [0.15, 0.2) is 30.6 Å². The number of ketones is 1. The first-order chi connectivity index (χ1) is 15.0. The van der Waals surface area contributed by atoms with Crippen molar-refractivity contribution in [2.24, 2.45) is 5.92 Å². The molecule has 0 spiro atoms. The maximum Gasteiger partial charge on any atom is 0.270 e. The van der Waals surface area contributed by atoms with Crippen LogP contribution in [0.4, 0.5) is 5.82 Å². The number of Topliss-reactive ketones (excluding diaryl/α,β-unsaturated/α-hetero) is 1. The number of aromatic nitrogens is 2. The van der Waals surface area contributed by atoms with Gasteiger partial charge >= 0.3 is 0 Å². The Balaban J connectivity index is 1.25. The van der Waals surface area contributed by atoms with E-state index in [0.717, 1.165) is 31.5 Å². The Morgan fingerprint density at radius 3 is 2.58 bits per heavy atom. The maximum atomic E-state index is 12.7. The van der Waals surface area contributed by atoms with Gasteiger partial charge in [-0.15, -0.1) is 0 Å². The second-order valence-electron chi connectivity index (χ2n) is 8.48. The molecule has 0 saturated carbocycles. The molecule has 4 rings (SSSR count). The average Bonchev–Trinajstić information content (AvgIpc) is 3.46. The number of hydrogen-bond donors (Lipinski definition) is 2. The van der Waals surface area contributed by atoms with Gasteiger partial charge in [0.2, 0.25) is 5.91 Å². The van der Waals surface area contributed by atoms with Crippen LogP contribution in [0, 0.1) is 12.8 Å². The summed E-state index contributed by atoms with van der Waals surface area (Å²) in [6, 6.07) is 5.41. The quantitative estimate of drug-likeness (QED) is 0.696. The van der Waals surface area contributed by atoms with Crippen LogP contribution in [0.5, 0.6) is 0 Å². The topological polar surface area (TPSA) is 98.4 Å². The van der Waals surface area contributed by atoms with Gasteiger partial charge in [-0.05, 0) is 69.5 Å². The predicted molar refractivity (Wildman–Crippen MR) is 117 cm³/mol. The number of carbonyl (C=O) groups is 3. The van der Waals surface area contributed by atoms with Gasteiger partial charge in [0.15, 0.2) is 5.78 Å². The third kappa shape index (κ3) is 5.19. The number of likely N-dealkylation sites (tertiary alicyclic amines) is 2. The molecule has 2 aromatic heterocycles. The lowest BCUT2D eigenvalue weighted by molar-refractivity contribution is -0.121. The van der Waals surface area contributed by atoms with Crippen LogP contribution in [-0.4, -0.2) is 70.1 Å². The van der Waals surface area contributed by atoms with Gasteiger partial charge in [-0.2, -0.15) is 0 Å². The SMILES string of the molecule is Cc1ccnc(NC(=O)C2CCN(CC(=O)c3c[nH]c(C(=O)N4CCCC4)c3)CC2)c1. The molecule has 2 aliphatic rings. The van der Waals surface area contributed by atoms with Crippen LogP contribution in [-0.2, 0) is 4.79 Å². The number of pyridine rings is 1. The Hall–Kier alpha value is -3.00. The summed E-state index contributed by atoms with van der Waals surface area (Å²) >= 11 is 0. The lowest BCUT2D eigenvalue weighted by Crippen LogP contribution is -2.40. The Morgan fingerprint density at radius 2 is 1.87 bits per heavy atom. The minimum absolute atomic E-state index is 0.0106. The van der Waals surface area contributed by atoms with Crippen LogP contribution in [0.25, 0.3) is 0 Å². The van der Waals surface area contributed by atoms with Crippen LogP contribution in [0.3, 0.4) is 0 Å². The van der Waals surface area contributed by atoms with Gasteiger partial charge in [0.25, 0.3) is 5.91 Å². The number of anilines is 1. The molecule has 0 aliphatic carbocycles. The number of nitrogens with one attached hydrogen (secondary N) is 2. The summed E-state index contributed by atoms with van der Waals surface area (Å²) in [5.41, 5.74) is 2.06. The van der Waals surface area contributed by atoms with Crippen molar-refractivity contribution in [2.75, 3.05) is 38.0 Å². The van der Waals surface area contributed by atoms with Crippen LogP contribution in [0.1, 0.15) is 52.1 Å². The molecule has 0 unspecified atom stereocenters. The van der Waals surface area contributed by atoms with Gasteiger partial charge in [0.1, 0.15) is 11.5 Å². The highest BCUT2D eigenvalue weighted by Crippen LogP contribution is 2.20. The number of carbonyl (C=O) groups excluding carboxylic acids is 3. The number of nitrogens with zero attached hydrogens (tertiary/aromatic N) is 3. The molecule has 4 heterocycles. The van der Waals surface area contributed by atoms with Gasteiger partial charge in [0, 0.05) is 37.0 Å².